The lowest BCUT2D eigenvalue weighted by atomic mass is 10.2. The molecular formula is C16H21N3O4. The lowest BCUT2D eigenvalue weighted by molar-refractivity contribution is -0.122. The molecule has 0 aromatic carbocycles. The molecule has 0 aliphatic carbocycles. The summed E-state index contributed by atoms with van der Waals surface area (Å²) >= 11 is 0. The number of hydrogen-bond acceptors (Lipinski definition) is 4. The van der Waals surface area contributed by atoms with Crippen molar-refractivity contribution in [2.45, 2.75) is 46.7 Å². The first-order valence-corrected chi connectivity index (χ1v) is 7.40. The van der Waals surface area contributed by atoms with Gasteiger partial charge < -0.3 is 14.8 Å². The van der Waals surface area contributed by atoms with E-state index in [0.29, 0.717) is 11.5 Å². The molecule has 7 nitrogen and oxygen atoms in total. The van der Waals surface area contributed by atoms with E-state index in [1.807, 2.05) is 31.5 Å². The minimum Gasteiger partial charge on any atom is -0.478 e. The Morgan fingerprint density at radius 2 is 2.04 bits per heavy atom. The summed E-state index contributed by atoms with van der Waals surface area (Å²) in [5.41, 5.74) is 2.04. The number of carboxylic acids is 1. The molecule has 0 fully saturated rings. The van der Waals surface area contributed by atoms with Crippen LogP contribution in [0.25, 0.3) is 0 Å². The fraction of sp³-hybridized carbons (Fsp3) is 0.438. The number of aryl methyl sites for hydroxylation is 3. The Morgan fingerprint density at radius 1 is 1.35 bits per heavy atom. The maximum absolute atomic E-state index is 12.0. The van der Waals surface area contributed by atoms with Crippen LogP contribution in [-0.2, 0) is 11.3 Å². The van der Waals surface area contributed by atoms with E-state index in [0.717, 1.165) is 11.4 Å². The highest BCUT2D eigenvalue weighted by Gasteiger charge is 2.16. The zero-order valence-corrected chi connectivity index (χ0v) is 13.7. The molecule has 0 spiro atoms. The minimum absolute atomic E-state index is 0.0587. The van der Waals surface area contributed by atoms with Crippen LogP contribution in [0.3, 0.4) is 0 Å². The highest BCUT2D eigenvalue weighted by Crippen LogP contribution is 2.16. The Morgan fingerprint density at radius 3 is 2.57 bits per heavy atom. The number of nitrogens with one attached hydrogen (secondary N) is 1. The molecule has 0 saturated carbocycles. The van der Waals surface area contributed by atoms with Crippen LogP contribution < -0.4 is 5.32 Å². The second-order valence-corrected chi connectivity index (χ2v) is 5.69. The summed E-state index contributed by atoms with van der Waals surface area (Å²) in [4.78, 5) is 23.0. The molecule has 2 heterocycles. The first-order chi connectivity index (χ1) is 10.8. The highest BCUT2D eigenvalue weighted by atomic mass is 16.4. The second-order valence-electron chi connectivity index (χ2n) is 5.69. The standard InChI is InChI=1S/C16H21N3O4/c1-9-5-10(2)19(18-9)11(3)6-15(20)17-8-13-7-14(16(21)22)12(4)23-13/h5,7,11H,6,8H2,1-4H3,(H,17,20)(H,21,22). The van der Waals surface area contributed by atoms with Crippen LogP contribution in [0.1, 0.15) is 52.7 Å². The van der Waals surface area contributed by atoms with E-state index < -0.39 is 5.97 Å². The van der Waals surface area contributed by atoms with E-state index in [4.69, 9.17) is 9.52 Å². The van der Waals surface area contributed by atoms with Gasteiger partial charge in [0.1, 0.15) is 17.1 Å². The van der Waals surface area contributed by atoms with Crippen LogP contribution in [0, 0.1) is 20.8 Å². The number of amides is 1. The Kier molecular flexibility index (Phi) is 4.88. The van der Waals surface area contributed by atoms with Gasteiger partial charge in [0.2, 0.25) is 5.91 Å². The second kappa shape index (κ2) is 6.68. The average Bonchev–Trinajstić information content (AvgIpc) is 2.99. The highest BCUT2D eigenvalue weighted by molar-refractivity contribution is 5.88. The monoisotopic (exact) mass is 319 g/mol. The fourth-order valence-electron chi connectivity index (χ4n) is 2.55. The van der Waals surface area contributed by atoms with Crippen molar-refractivity contribution in [3.63, 3.8) is 0 Å². The van der Waals surface area contributed by atoms with Gasteiger partial charge in [-0.2, -0.15) is 5.10 Å². The van der Waals surface area contributed by atoms with Crippen LogP contribution in [0.15, 0.2) is 16.5 Å². The van der Waals surface area contributed by atoms with E-state index in [1.165, 1.54) is 6.07 Å². The van der Waals surface area contributed by atoms with Crippen LogP contribution >= 0.6 is 0 Å². The van der Waals surface area contributed by atoms with Crippen molar-refractivity contribution in [3.8, 4) is 0 Å². The van der Waals surface area contributed by atoms with E-state index in [-0.39, 0.29) is 30.5 Å². The van der Waals surface area contributed by atoms with Crippen molar-refractivity contribution in [1.29, 1.82) is 0 Å². The third-order valence-corrected chi connectivity index (χ3v) is 3.60. The van der Waals surface area contributed by atoms with Crippen molar-refractivity contribution in [2.75, 3.05) is 0 Å². The normalized spacial score (nSPS) is 12.2. The third kappa shape index (κ3) is 4.00. The van der Waals surface area contributed by atoms with Crippen LogP contribution in [0.4, 0.5) is 0 Å². The number of aromatic nitrogens is 2. The molecule has 0 saturated heterocycles. The smallest absolute Gasteiger partial charge is 0.339 e. The van der Waals surface area contributed by atoms with E-state index in [1.54, 1.807) is 6.92 Å². The number of carbonyl (C=O) groups is 2. The quantitative estimate of drug-likeness (QED) is 0.852. The molecule has 0 aliphatic rings. The first-order valence-electron chi connectivity index (χ1n) is 7.40. The number of nitrogens with zero attached hydrogens (tertiary/aromatic N) is 2. The Bertz CT molecular complexity index is 730. The number of aromatic carboxylic acids is 1. The van der Waals surface area contributed by atoms with Gasteiger partial charge in [-0.3, -0.25) is 9.48 Å². The van der Waals surface area contributed by atoms with Crippen molar-refractivity contribution in [2.24, 2.45) is 0 Å². The molecule has 1 unspecified atom stereocenters. The number of hydrogen-bond donors (Lipinski definition) is 2. The zero-order chi connectivity index (χ0) is 17.1. The summed E-state index contributed by atoms with van der Waals surface area (Å²) in [5.74, 6) is -0.428. The lowest BCUT2D eigenvalue weighted by Gasteiger charge is -2.13. The van der Waals surface area contributed by atoms with Crippen molar-refractivity contribution < 1.29 is 19.1 Å². The molecule has 23 heavy (non-hydrogen) atoms. The van der Waals surface area contributed by atoms with Crippen LogP contribution in [-0.4, -0.2) is 26.8 Å². The van der Waals surface area contributed by atoms with Gasteiger partial charge in [-0.15, -0.1) is 0 Å². The van der Waals surface area contributed by atoms with Gasteiger partial charge in [-0.1, -0.05) is 0 Å². The fourth-order valence-corrected chi connectivity index (χ4v) is 2.55. The lowest BCUT2D eigenvalue weighted by Crippen LogP contribution is -2.25. The summed E-state index contributed by atoms with van der Waals surface area (Å²) in [5, 5.41) is 16.1. The van der Waals surface area contributed by atoms with Gasteiger partial charge in [0, 0.05) is 12.1 Å². The van der Waals surface area contributed by atoms with Crippen LogP contribution in [0.2, 0.25) is 0 Å². The third-order valence-electron chi connectivity index (χ3n) is 3.60. The van der Waals surface area contributed by atoms with Gasteiger partial charge in [0.15, 0.2) is 0 Å². The summed E-state index contributed by atoms with van der Waals surface area (Å²) in [7, 11) is 0. The van der Waals surface area contributed by atoms with Gasteiger partial charge in [-0.25, -0.2) is 4.79 Å². The van der Waals surface area contributed by atoms with Crippen molar-refractivity contribution in [3.05, 3.63) is 40.6 Å². The molecule has 1 atom stereocenters. The maximum Gasteiger partial charge on any atom is 0.339 e. The predicted molar refractivity (Wildman–Crippen MR) is 83.3 cm³/mol. The maximum atomic E-state index is 12.0. The first kappa shape index (κ1) is 16.8. The minimum atomic E-state index is -1.04. The van der Waals surface area contributed by atoms with Gasteiger partial charge in [0.25, 0.3) is 0 Å². The summed E-state index contributed by atoms with van der Waals surface area (Å²) in [6, 6.07) is 3.34. The molecule has 2 N–H and O–H groups in total. The van der Waals surface area contributed by atoms with Gasteiger partial charge in [-0.05, 0) is 39.8 Å². The summed E-state index contributed by atoms with van der Waals surface area (Å²) in [6.07, 6.45) is 0.285. The number of rotatable bonds is 6. The number of furan rings is 1. The van der Waals surface area contributed by atoms with Crippen molar-refractivity contribution >= 4 is 11.9 Å². The molecule has 0 bridgehead atoms. The van der Waals surface area contributed by atoms with Gasteiger partial charge in [0.05, 0.1) is 18.3 Å². The number of carbonyl (C=O) groups excluding carboxylic acids is 1. The average molecular weight is 319 g/mol. The van der Waals surface area contributed by atoms with Crippen LogP contribution in [0.5, 0.6) is 0 Å². The summed E-state index contributed by atoms with van der Waals surface area (Å²) in [6.45, 7) is 7.54. The Hall–Kier alpha value is -2.57. The van der Waals surface area contributed by atoms with Gasteiger partial charge >= 0.3 is 5.97 Å². The molecular weight excluding hydrogens is 298 g/mol. The summed E-state index contributed by atoms with van der Waals surface area (Å²) < 4.78 is 7.15. The molecule has 0 radical (unpaired) electrons. The SMILES string of the molecule is Cc1cc(C)n(C(C)CC(=O)NCc2cc(C(=O)O)c(C)o2)n1. The Labute approximate surface area is 134 Å². The molecule has 2 aromatic heterocycles. The van der Waals surface area contributed by atoms with Crippen molar-refractivity contribution in [1.82, 2.24) is 15.1 Å². The predicted octanol–water partition coefficient (Wildman–Crippen LogP) is 2.37. The number of carboxylic acid groups (broad SMARTS) is 1. The molecule has 2 rings (SSSR count). The molecule has 2 aromatic rings. The molecule has 7 heteroatoms. The molecule has 1 amide bonds. The van der Waals surface area contributed by atoms with E-state index in [9.17, 15) is 9.59 Å². The van der Waals surface area contributed by atoms with E-state index >= 15 is 0 Å². The topological polar surface area (TPSA) is 97.4 Å². The molecule has 0 aliphatic heterocycles. The van der Waals surface area contributed by atoms with E-state index in [2.05, 4.69) is 10.4 Å². The Balaban J connectivity index is 1.91. The largest absolute Gasteiger partial charge is 0.478 e. The molecule has 124 valence electrons. The zero-order valence-electron chi connectivity index (χ0n) is 13.7.